The number of methoxy groups -OCH3 is 2. The van der Waals surface area contributed by atoms with Crippen LogP contribution in [0, 0.1) is 0 Å². The van der Waals surface area contributed by atoms with Gasteiger partial charge in [0.15, 0.2) is 11.5 Å². The summed E-state index contributed by atoms with van der Waals surface area (Å²) >= 11 is 0. The third kappa shape index (κ3) is 4.36. The van der Waals surface area contributed by atoms with E-state index in [2.05, 4.69) is 20.4 Å². The van der Waals surface area contributed by atoms with Gasteiger partial charge in [-0.2, -0.15) is 5.10 Å². The number of fused-ring (bicyclic) bond motifs is 1. The minimum atomic E-state index is -0.117. The molecular weight excluding hydrogens is 388 g/mol. The molecule has 0 spiro atoms. The van der Waals surface area contributed by atoms with Crippen LogP contribution in [-0.4, -0.2) is 68.3 Å². The lowest BCUT2D eigenvalue weighted by Gasteiger charge is -2.32. The molecule has 0 aliphatic carbocycles. The molecular formula is C21H28N4O5. The van der Waals surface area contributed by atoms with Crippen LogP contribution in [0.2, 0.25) is 0 Å². The van der Waals surface area contributed by atoms with Crippen molar-refractivity contribution in [2.75, 3.05) is 47.3 Å². The smallest absolute Gasteiger partial charge is 0.254 e. The van der Waals surface area contributed by atoms with E-state index >= 15 is 0 Å². The molecule has 2 aromatic rings. The van der Waals surface area contributed by atoms with Crippen molar-refractivity contribution in [3.63, 3.8) is 0 Å². The van der Waals surface area contributed by atoms with E-state index in [-0.39, 0.29) is 18.6 Å². The van der Waals surface area contributed by atoms with E-state index in [1.165, 1.54) is 0 Å². The molecule has 2 aliphatic rings. The van der Waals surface area contributed by atoms with Crippen molar-refractivity contribution in [1.82, 2.24) is 20.4 Å². The van der Waals surface area contributed by atoms with Gasteiger partial charge in [-0.15, -0.1) is 0 Å². The van der Waals surface area contributed by atoms with Gasteiger partial charge in [0.25, 0.3) is 5.91 Å². The number of benzene rings is 1. The average Bonchev–Trinajstić information content (AvgIpc) is 3.43. The Morgan fingerprint density at radius 1 is 1.37 bits per heavy atom. The number of hydrogen-bond acceptors (Lipinski definition) is 7. The highest BCUT2D eigenvalue weighted by Crippen LogP contribution is 2.42. The van der Waals surface area contributed by atoms with Crippen molar-refractivity contribution < 1.29 is 23.7 Å². The van der Waals surface area contributed by atoms with Crippen LogP contribution in [0.5, 0.6) is 17.2 Å². The fraction of sp³-hybridized carbons (Fsp3) is 0.524. The molecule has 9 nitrogen and oxygen atoms in total. The molecule has 3 heterocycles. The number of carbonyl (C=O) groups is 1. The number of nitrogens with zero attached hydrogens (tertiary/aromatic N) is 2. The number of likely N-dealkylation sites (tertiary alicyclic amines) is 1. The second-order valence-electron chi connectivity index (χ2n) is 7.55. The van der Waals surface area contributed by atoms with Crippen LogP contribution in [0.4, 0.5) is 0 Å². The third-order valence-electron chi connectivity index (χ3n) is 5.54. The summed E-state index contributed by atoms with van der Waals surface area (Å²) in [5, 5.41) is 10.1. The molecule has 1 aromatic carbocycles. The summed E-state index contributed by atoms with van der Waals surface area (Å²) < 4.78 is 21.5. The molecule has 9 heteroatoms. The van der Waals surface area contributed by atoms with Gasteiger partial charge < -0.3 is 24.3 Å². The van der Waals surface area contributed by atoms with Crippen LogP contribution in [0.1, 0.15) is 40.4 Å². The number of carbonyl (C=O) groups excluding carboxylic acids is 1. The molecule has 0 saturated carbocycles. The van der Waals surface area contributed by atoms with Crippen LogP contribution < -0.4 is 19.5 Å². The maximum absolute atomic E-state index is 12.5. The quantitative estimate of drug-likeness (QED) is 0.634. The van der Waals surface area contributed by atoms with Gasteiger partial charge in [-0.1, -0.05) is 0 Å². The van der Waals surface area contributed by atoms with Gasteiger partial charge in [0.1, 0.15) is 0 Å². The molecule has 162 valence electrons. The molecule has 0 radical (unpaired) electrons. The van der Waals surface area contributed by atoms with Gasteiger partial charge >= 0.3 is 0 Å². The first-order chi connectivity index (χ1) is 14.7. The molecule has 0 bridgehead atoms. The fourth-order valence-electron chi connectivity index (χ4n) is 4.12. The van der Waals surface area contributed by atoms with Gasteiger partial charge in [-0.3, -0.25) is 14.8 Å². The van der Waals surface area contributed by atoms with Gasteiger partial charge in [-0.05, 0) is 37.1 Å². The van der Waals surface area contributed by atoms with Gasteiger partial charge in [-0.25, -0.2) is 0 Å². The standard InChI is InChI=1S/C21H28N4O5/c1-27-7-5-22-21(26)16-10-23-24-19(16)15-4-3-6-25(12-15)11-14-8-17(28-2)20-18(9-14)29-13-30-20/h8-10,15H,3-7,11-13H2,1-2H3,(H,22,26)(H,23,24). The summed E-state index contributed by atoms with van der Waals surface area (Å²) in [4.78, 5) is 14.9. The number of ether oxygens (including phenoxy) is 4. The van der Waals surface area contributed by atoms with Crippen molar-refractivity contribution in [2.45, 2.75) is 25.3 Å². The molecule has 2 aliphatic heterocycles. The average molecular weight is 416 g/mol. The van der Waals surface area contributed by atoms with E-state index in [1.807, 2.05) is 12.1 Å². The fourth-order valence-corrected chi connectivity index (χ4v) is 4.12. The summed E-state index contributed by atoms with van der Waals surface area (Å²) in [6.45, 7) is 3.79. The molecule has 1 amide bonds. The van der Waals surface area contributed by atoms with Crippen molar-refractivity contribution in [2.24, 2.45) is 0 Å². The largest absolute Gasteiger partial charge is 0.493 e. The lowest BCUT2D eigenvalue weighted by atomic mass is 9.92. The van der Waals surface area contributed by atoms with E-state index in [1.54, 1.807) is 20.4 Å². The number of amides is 1. The van der Waals surface area contributed by atoms with Crippen molar-refractivity contribution in [3.8, 4) is 17.2 Å². The van der Waals surface area contributed by atoms with E-state index in [0.717, 1.165) is 49.5 Å². The molecule has 30 heavy (non-hydrogen) atoms. The summed E-state index contributed by atoms with van der Waals surface area (Å²) in [6, 6.07) is 4.02. The molecule has 1 atom stereocenters. The Bertz CT molecular complexity index is 884. The Hall–Kier alpha value is -2.78. The van der Waals surface area contributed by atoms with Crippen molar-refractivity contribution in [1.29, 1.82) is 0 Å². The van der Waals surface area contributed by atoms with Gasteiger partial charge in [0, 0.05) is 32.7 Å². The third-order valence-corrected chi connectivity index (χ3v) is 5.54. The maximum Gasteiger partial charge on any atom is 0.254 e. The molecule has 2 N–H and O–H groups in total. The highest BCUT2D eigenvalue weighted by Gasteiger charge is 2.28. The Morgan fingerprint density at radius 2 is 2.27 bits per heavy atom. The predicted octanol–water partition coefficient (Wildman–Crippen LogP) is 1.90. The van der Waals surface area contributed by atoms with Crippen LogP contribution >= 0.6 is 0 Å². The molecule has 1 fully saturated rings. The van der Waals surface area contributed by atoms with Crippen molar-refractivity contribution >= 4 is 5.91 Å². The van der Waals surface area contributed by atoms with E-state index in [9.17, 15) is 4.79 Å². The number of rotatable bonds is 8. The Balaban J connectivity index is 1.44. The number of nitrogens with one attached hydrogen (secondary N) is 2. The summed E-state index contributed by atoms with van der Waals surface area (Å²) in [7, 11) is 3.25. The molecule has 1 unspecified atom stereocenters. The number of hydrogen-bond donors (Lipinski definition) is 2. The number of aromatic nitrogens is 2. The Kier molecular flexibility index (Phi) is 6.39. The summed E-state index contributed by atoms with van der Waals surface area (Å²) in [5.41, 5.74) is 2.62. The minimum absolute atomic E-state index is 0.117. The van der Waals surface area contributed by atoms with Gasteiger partial charge in [0.05, 0.1) is 31.2 Å². The topological polar surface area (TPSA) is 97.9 Å². The van der Waals surface area contributed by atoms with E-state index < -0.39 is 0 Å². The lowest BCUT2D eigenvalue weighted by Crippen LogP contribution is -2.35. The zero-order chi connectivity index (χ0) is 20.9. The van der Waals surface area contributed by atoms with E-state index in [4.69, 9.17) is 18.9 Å². The van der Waals surface area contributed by atoms with E-state index in [0.29, 0.717) is 30.2 Å². The summed E-state index contributed by atoms with van der Waals surface area (Å²) in [5.74, 6) is 2.19. The van der Waals surface area contributed by atoms with Gasteiger partial charge in [0.2, 0.25) is 12.5 Å². The highest BCUT2D eigenvalue weighted by atomic mass is 16.7. The first kappa shape index (κ1) is 20.5. The second kappa shape index (κ2) is 9.36. The molecule has 4 rings (SSSR count). The zero-order valence-corrected chi connectivity index (χ0v) is 17.4. The number of aromatic amines is 1. The first-order valence-corrected chi connectivity index (χ1v) is 10.2. The van der Waals surface area contributed by atoms with Crippen LogP contribution in [-0.2, 0) is 11.3 Å². The predicted molar refractivity (Wildman–Crippen MR) is 109 cm³/mol. The lowest BCUT2D eigenvalue weighted by molar-refractivity contribution is 0.0934. The maximum atomic E-state index is 12.5. The zero-order valence-electron chi connectivity index (χ0n) is 17.4. The molecule has 1 aromatic heterocycles. The molecule has 1 saturated heterocycles. The SMILES string of the molecule is COCCNC(=O)c1cn[nH]c1C1CCCN(Cc2cc(OC)c3c(c2)OCO3)C1. The summed E-state index contributed by atoms with van der Waals surface area (Å²) in [6.07, 6.45) is 3.68. The van der Waals surface area contributed by atoms with Crippen LogP contribution in [0.3, 0.4) is 0 Å². The first-order valence-electron chi connectivity index (χ1n) is 10.2. The van der Waals surface area contributed by atoms with Crippen LogP contribution in [0.25, 0.3) is 0 Å². The number of piperidine rings is 1. The Labute approximate surface area is 175 Å². The minimum Gasteiger partial charge on any atom is -0.493 e. The number of H-pyrrole nitrogens is 1. The second-order valence-corrected chi connectivity index (χ2v) is 7.55. The monoisotopic (exact) mass is 416 g/mol. The van der Waals surface area contributed by atoms with Crippen molar-refractivity contribution in [3.05, 3.63) is 35.2 Å². The normalized spacial score (nSPS) is 18.4. The highest BCUT2D eigenvalue weighted by molar-refractivity contribution is 5.95. The Morgan fingerprint density at radius 3 is 3.10 bits per heavy atom. The van der Waals surface area contributed by atoms with Crippen LogP contribution in [0.15, 0.2) is 18.3 Å².